The second-order valence-corrected chi connectivity index (χ2v) is 6.05. The smallest absolute Gasteiger partial charge is 0.342 e. The summed E-state index contributed by atoms with van der Waals surface area (Å²) in [4.78, 5) is 21.7. The summed E-state index contributed by atoms with van der Waals surface area (Å²) in [7, 11) is 0. The lowest BCUT2D eigenvalue weighted by molar-refractivity contribution is -0.387. The molecule has 0 aliphatic rings. The number of nitro benzene ring substituents is 1. The fraction of sp³-hybridized carbons (Fsp3) is 0.286. The molecule has 0 atom stereocenters. The number of nitro groups is 1. The Bertz CT molecular complexity index is 825. The highest BCUT2D eigenvalue weighted by atomic mass is 35.5. The van der Waals surface area contributed by atoms with E-state index in [1.165, 1.54) is 26.1 Å². The third kappa shape index (κ3) is 4.41. The lowest BCUT2D eigenvalue weighted by Crippen LogP contribution is -2.47. The minimum Gasteiger partial charge on any atom is -0.436 e. The molecule has 0 saturated heterocycles. The topological polar surface area (TPSA) is 99.3 Å². The molecule has 1 N–H and O–H groups in total. The second kappa shape index (κ2) is 7.01. The monoisotopic (exact) mass is 374 g/mol. The number of nitrogens with one attached hydrogen (secondary N) is 1. The molecule has 2 rings (SSSR count). The Hall–Kier alpha value is -2.75. The van der Waals surface area contributed by atoms with E-state index in [1.807, 2.05) is 0 Å². The van der Waals surface area contributed by atoms with Crippen molar-refractivity contribution in [1.29, 1.82) is 0 Å². The number of carbonyl (C=O) groups excluding carboxylic acids is 1. The van der Waals surface area contributed by atoms with Gasteiger partial charge in [-0.3, -0.25) is 10.1 Å². The van der Waals surface area contributed by atoms with Crippen molar-refractivity contribution in [2.75, 3.05) is 6.67 Å². The van der Waals surface area contributed by atoms with E-state index in [1.54, 1.807) is 0 Å². The Balaban J connectivity index is 2.18. The summed E-state index contributed by atoms with van der Waals surface area (Å²) in [5.41, 5.74) is -1.87. The van der Waals surface area contributed by atoms with Crippen LogP contribution in [-0.4, -0.2) is 32.9 Å². The molecular weight excluding hydrogens is 362 g/mol. The summed E-state index contributed by atoms with van der Waals surface area (Å²) in [6.45, 7) is 2.21. The first kappa shape index (κ1) is 18.6. The van der Waals surface area contributed by atoms with Gasteiger partial charge in [0.25, 0.3) is 0 Å². The van der Waals surface area contributed by atoms with Crippen molar-refractivity contribution in [2.24, 2.45) is 0 Å². The fourth-order valence-corrected chi connectivity index (χ4v) is 1.90. The van der Waals surface area contributed by atoms with Crippen LogP contribution >= 0.6 is 11.6 Å². The van der Waals surface area contributed by atoms with Crippen LogP contribution in [0.4, 0.5) is 19.3 Å². The van der Waals surface area contributed by atoms with Crippen LogP contribution in [0.25, 0.3) is 0 Å². The van der Waals surface area contributed by atoms with E-state index in [2.05, 4.69) is 10.4 Å². The Labute approximate surface area is 145 Å². The van der Waals surface area contributed by atoms with E-state index in [-0.39, 0.29) is 16.7 Å². The molecule has 8 nitrogen and oxygen atoms in total. The number of alkyl halides is 1. The highest BCUT2D eigenvalue weighted by Crippen LogP contribution is 2.33. The van der Waals surface area contributed by atoms with Gasteiger partial charge in [0.15, 0.2) is 5.75 Å². The fourth-order valence-electron chi connectivity index (χ4n) is 1.70. The highest BCUT2D eigenvalue weighted by molar-refractivity contribution is 6.32. The molecule has 0 aliphatic heterocycles. The zero-order valence-electron chi connectivity index (χ0n) is 13.1. The molecule has 1 heterocycles. The molecule has 0 unspecified atom stereocenters. The molecule has 1 aromatic carbocycles. The van der Waals surface area contributed by atoms with Crippen LogP contribution in [0.3, 0.4) is 0 Å². The molecule has 2 aromatic rings. The Morgan fingerprint density at radius 2 is 2.20 bits per heavy atom. The van der Waals surface area contributed by atoms with Gasteiger partial charge in [-0.05, 0) is 13.8 Å². The van der Waals surface area contributed by atoms with Gasteiger partial charge in [-0.2, -0.15) is 9.07 Å². The number of aromatic nitrogens is 2. The first-order chi connectivity index (χ1) is 11.6. The van der Waals surface area contributed by atoms with Gasteiger partial charge >= 0.3 is 11.7 Å². The maximum absolute atomic E-state index is 13.6. The van der Waals surface area contributed by atoms with Crippen molar-refractivity contribution < 1.29 is 23.2 Å². The van der Waals surface area contributed by atoms with Crippen LogP contribution in [0.1, 0.15) is 13.8 Å². The van der Waals surface area contributed by atoms with Crippen molar-refractivity contribution in [3.8, 4) is 11.6 Å². The number of amides is 1. The zero-order chi connectivity index (χ0) is 18.8. The van der Waals surface area contributed by atoms with Gasteiger partial charge in [-0.1, -0.05) is 11.6 Å². The summed E-state index contributed by atoms with van der Waals surface area (Å²) in [6.07, 6.45) is 1.24. The van der Waals surface area contributed by atoms with Crippen LogP contribution in [0.15, 0.2) is 24.4 Å². The van der Waals surface area contributed by atoms with Crippen molar-refractivity contribution in [2.45, 2.75) is 19.4 Å². The predicted octanol–water partition coefficient (Wildman–Crippen LogP) is 3.68. The molecule has 11 heteroatoms. The van der Waals surface area contributed by atoms with Crippen LogP contribution in [-0.2, 0) is 0 Å². The van der Waals surface area contributed by atoms with Crippen LogP contribution in [0.2, 0.25) is 5.02 Å². The minimum atomic E-state index is -1.13. The van der Waals surface area contributed by atoms with E-state index in [0.29, 0.717) is 0 Å². The minimum absolute atomic E-state index is 0.108. The Morgan fingerprint density at radius 3 is 2.80 bits per heavy atom. The highest BCUT2D eigenvalue weighted by Gasteiger charge is 2.22. The summed E-state index contributed by atoms with van der Waals surface area (Å²) in [5, 5.41) is 16.6. The van der Waals surface area contributed by atoms with E-state index < -0.39 is 34.7 Å². The third-order valence-electron chi connectivity index (χ3n) is 2.96. The number of hydrogen-bond acceptors (Lipinski definition) is 5. The van der Waals surface area contributed by atoms with Gasteiger partial charge in [0.05, 0.1) is 15.5 Å². The number of ether oxygens (including phenoxy) is 1. The molecule has 0 aliphatic carbocycles. The van der Waals surface area contributed by atoms with Gasteiger partial charge in [-0.15, -0.1) is 5.10 Å². The van der Waals surface area contributed by atoms with Crippen molar-refractivity contribution in [3.05, 3.63) is 45.4 Å². The number of carbonyl (C=O) groups is 1. The second-order valence-electron chi connectivity index (χ2n) is 5.64. The lowest BCUT2D eigenvalue weighted by Gasteiger charge is -2.21. The number of halogens is 3. The first-order valence-corrected chi connectivity index (χ1v) is 7.26. The maximum atomic E-state index is 13.6. The molecular formula is C14H13ClF2N4O4. The van der Waals surface area contributed by atoms with Gasteiger partial charge < -0.3 is 10.1 Å². The predicted molar refractivity (Wildman–Crippen MR) is 84.3 cm³/mol. The first-order valence-electron chi connectivity index (χ1n) is 6.88. The molecule has 0 fully saturated rings. The SMILES string of the molecule is CC(C)(CF)NC(=O)n1ccc(Oc2cc(F)c([N+](=O)[O-])cc2Cl)n1. The Kier molecular flexibility index (Phi) is 5.21. The summed E-state index contributed by atoms with van der Waals surface area (Å²) >= 11 is 5.82. The largest absolute Gasteiger partial charge is 0.436 e. The van der Waals surface area contributed by atoms with E-state index >= 15 is 0 Å². The van der Waals surface area contributed by atoms with Gasteiger partial charge in [0.2, 0.25) is 11.7 Å². The van der Waals surface area contributed by atoms with E-state index in [0.717, 1.165) is 16.8 Å². The molecule has 0 saturated carbocycles. The quantitative estimate of drug-likeness (QED) is 0.635. The van der Waals surface area contributed by atoms with E-state index in [9.17, 15) is 23.7 Å². The van der Waals surface area contributed by atoms with Crippen LogP contribution in [0, 0.1) is 15.9 Å². The van der Waals surface area contributed by atoms with Crippen LogP contribution < -0.4 is 10.1 Å². The molecule has 25 heavy (non-hydrogen) atoms. The van der Waals surface area contributed by atoms with E-state index in [4.69, 9.17) is 16.3 Å². The van der Waals surface area contributed by atoms with Crippen molar-refractivity contribution >= 4 is 23.3 Å². The molecule has 0 radical (unpaired) electrons. The molecule has 1 amide bonds. The average Bonchev–Trinajstić information content (AvgIpc) is 2.98. The average molecular weight is 375 g/mol. The normalized spacial score (nSPS) is 11.2. The van der Waals surface area contributed by atoms with Gasteiger partial charge in [0.1, 0.15) is 6.67 Å². The maximum Gasteiger partial charge on any atom is 0.342 e. The van der Waals surface area contributed by atoms with Crippen molar-refractivity contribution in [1.82, 2.24) is 15.1 Å². The number of benzene rings is 1. The molecule has 134 valence electrons. The zero-order valence-corrected chi connectivity index (χ0v) is 13.9. The van der Waals surface area contributed by atoms with Crippen LogP contribution in [0.5, 0.6) is 11.6 Å². The molecule has 0 bridgehead atoms. The standard InChI is InChI=1S/C14H13ClF2N4O4/c1-14(2,7-16)18-13(22)20-4-3-12(19-20)25-11-6-9(17)10(21(23)24)5-8(11)15/h3-6H,7H2,1-2H3,(H,18,22). The number of rotatable bonds is 5. The summed E-state index contributed by atoms with van der Waals surface area (Å²) in [5.74, 6) is -1.45. The molecule has 0 spiro atoms. The van der Waals surface area contributed by atoms with Gasteiger partial charge in [0, 0.05) is 24.4 Å². The Morgan fingerprint density at radius 1 is 1.52 bits per heavy atom. The third-order valence-corrected chi connectivity index (χ3v) is 3.26. The molecule has 1 aromatic heterocycles. The number of nitrogens with zero attached hydrogens (tertiary/aromatic N) is 3. The van der Waals surface area contributed by atoms with Crippen molar-refractivity contribution in [3.63, 3.8) is 0 Å². The summed E-state index contributed by atoms with van der Waals surface area (Å²) < 4.78 is 32.5. The summed E-state index contributed by atoms with van der Waals surface area (Å²) in [6, 6.07) is 2.14. The number of hydrogen-bond donors (Lipinski definition) is 1. The van der Waals surface area contributed by atoms with Gasteiger partial charge in [-0.25, -0.2) is 9.18 Å². The lowest BCUT2D eigenvalue weighted by atomic mass is 10.1.